The molecule has 0 aliphatic carbocycles. The first-order chi connectivity index (χ1) is 7.83. The SMILES string of the molecule is Brc1nc(-c2ccc3cnccc3c2)n[nH]1. The molecule has 0 aliphatic rings. The van der Waals surface area contributed by atoms with Crippen molar-refractivity contribution in [1.29, 1.82) is 0 Å². The highest BCUT2D eigenvalue weighted by Crippen LogP contribution is 2.21. The van der Waals surface area contributed by atoms with Crippen LogP contribution in [0.2, 0.25) is 0 Å². The summed E-state index contributed by atoms with van der Waals surface area (Å²) in [7, 11) is 0. The normalized spacial score (nSPS) is 10.8. The van der Waals surface area contributed by atoms with E-state index in [9.17, 15) is 0 Å². The van der Waals surface area contributed by atoms with Gasteiger partial charge in [0.05, 0.1) is 0 Å². The molecule has 3 rings (SSSR count). The van der Waals surface area contributed by atoms with Crippen LogP contribution >= 0.6 is 15.9 Å². The lowest BCUT2D eigenvalue weighted by Crippen LogP contribution is -1.82. The zero-order valence-electron chi connectivity index (χ0n) is 8.18. The van der Waals surface area contributed by atoms with Crippen molar-refractivity contribution in [2.24, 2.45) is 0 Å². The van der Waals surface area contributed by atoms with Gasteiger partial charge in [-0.25, -0.2) is 4.98 Å². The van der Waals surface area contributed by atoms with E-state index in [1.807, 2.05) is 30.5 Å². The van der Waals surface area contributed by atoms with Crippen molar-refractivity contribution in [3.8, 4) is 11.4 Å². The minimum atomic E-state index is 0.636. The summed E-state index contributed by atoms with van der Waals surface area (Å²) in [6, 6.07) is 8.02. The third-order valence-corrected chi connectivity index (χ3v) is 2.71. The second-order valence-electron chi connectivity index (χ2n) is 3.39. The molecular formula is C11H7BrN4. The summed E-state index contributed by atoms with van der Waals surface area (Å²) < 4.78 is 0.636. The Morgan fingerprint density at radius 2 is 2.06 bits per heavy atom. The van der Waals surface area contributed by atoms with Gasteiger partial charge in [0, 0.05) is 23.3 Å². The molecule has 0 radical (unpaired) electrons. The fourth-order valence-electron chi connectivity index (χ4n) is 1.59. The summed E-state index contributed by atoms with van der Waals surface area (Å²) in [5, 5.41) is 9.10. The van der Waals surface area contributed by atoms with Gasteiger partial charge in [0.15, 0.2) is 10.6 Å². The van der Waals surface area contributed by atoms with Crippen molar-refractivity contribution in [3.05, 3.63) is 41.4 Å². The summed E-state index contributed by atoms with van der Waals surface area (Å²) in [6.45, 7) is 0. The van der Waals surface area contributed by atoms with Crippen LogP contribution in [0.5, 0.6) is 0 Å². The van der Waals surface area contributed by atoms with Crippen LogP contribution in [-0.4, -0.2) is 20.2 Å². The van der Waals surface area contributed by atoms with E-state index in [2.05, 4.69) is 36.1 Å². The van der Waals surface area contributed by atoms with Crippen LogP contribution < -0.4 is 0 Å². The first-order valence-corrected chi connectivity index (χ1v) is 5.54. The van der Waals surface area contributed by atoms with Crippen molar-refractivity contribution >= 4 is 26.7 Å². The molecule has 3 aromatic rings. The van der Waals surface area contributed by atoms with E-state index in [0.29, 0.717) is 10.6 Å². The molecule has 0 bridgehead atoms. The Balaban J connectivity index is 2.18. The van der Waals surface area contributed by atoms with Crippen molar-refractivity contribution in [2.45, 2.75) is 0 Å². The van der Waals surface area contributed by atoms with E-state index in [1.54, 1.807) is 6.20 Å². The molecule has 1 N–H and O–H groups in total. The molecule has 4 nitrogen and oxygen atoms in total. The Kier molecular flexibility index (Phi) is 2.18. The summed E-state index contributed by atoms with van der Waals surface area (Å²) in [4.78, 5) is 8.30. The van der Waals surface area contributed by atoms with E-state index in [4.69, 9.17) is 0 Å². The molecule has 0 unspecified atom stereocenters. The Morgan fingerprint density at radius 1 is 1.12 bits per heavy atom. The van der Waals surface area contributed by atoms with Gasteiger partial charge < -0.3 is 0 Å². The van der Waals surface area contributed by atoms with Crippen LogP contribution in [0.3, 0.4) is 0 Å². The van der Waals surface area contributed by atoms with Crippen LogP contribution in [0.4, 0.5) is 0 Å². The zero-order chi connectivity index (χ0) is 11.0. The number of hydrogen-bond acceptors (Lipinski definition) is 3. The topological polar surface area (TPSA) is 54.5 Å². The third-order valence-electron chi connectivity index (χ3n) is 2.36. The molecular weight excluding hydrogens is 268 g/mol. The number of halogens is 1. The highest BCUT2D eigenvalue weighted by atomic mass is 79.9. The van der Waals surface area contributed by atoms with Gasteiger partial charge >= 0.3 is 0 Å². The highest BCUT2D eigenvalue weighted by Gasteiger charge is 2.04. The number of hydrogen-bond donors (Lipinski definition) is 1. The van der Waals surface area contributed by atoms with E-state index < -0.39 is 0 Å². The minimum absolute atomic E-state index is 0.636. The number of nitrogens with zero attached hydrogens (tertiary/aromatic N) is 3. The number of nitrogens with one attached hydrogen (secondary N) is 1. The smallest absolute Gasteiger partial charge is 0.193 e. The van der Waals surface area contributed by atoms with E-state index in [-0.39, 0.29) is 0 Å². The van der Waals surface area contributed by atoms with Crippen molar-refractivity contribution in [2.75, 3.05) is 0 Å². The molecule has 0 saturated heterocycles. The summed E-state index contributed by atoms with van der Waals surface area (Å²) >= 11 is 3.24. The second-order valence-corrected chi connectivity index (χ2v) is 4.14. The zero-order valence-corrected chi connectivity index (χ0v) is 9.77. The van der Waals surface area contributed by atoms with Crippen LogP contribution in [0.25, 0.3) is 22.2 Å². The maximum Gasteiger partial charge on any atom is 0.193 e. The lowest BCUT2D eigenvalue weighted by Gasteiger charge is -1.98. The summed E-state index contributed by atoms with van der Waals surface area (Å²) in [5.74, 6) is 0.686. The molecule has 78 valence electrons. The molecule has 1 aromatic carbocycles. The van der Waals surface area contributed by atoms with Crippen LogP contribution in [-0.2, 0) is 0 Å². The van der Waals surface area contributed by atoms with Crippen LogP contribution in [0, 0.1) is 0 Å². The lowest BCUT2D eigenvalue weighted by atomic mass is 10.1. The van der Waals surface area contributed by atoms with Gasteiger partial charge in [0.1, 0.15) is 0 Å². The van der Waals surface area contributed by atoms with E-state index >= 15 is 0 Å². The molecule has 0 spiro atoms. The van der Waals surface area contributed by atoms with Crippen molar-refractivity contribution < 1.29 is 0 Å². The second kappa shape index (κ2) is 3.68. The van der Waals surface area contributed by atoms with Crippen LogP contribution in [0.15, 0.2) is 41.4 Å². The predicted octanol–water partition coefficient (Wildman–Crippen LogP) is 2.78. The monoisotopic (exact) mass is 274 g/mol. The molecule has 2 aromatic heterocycles. The van der Waals surface area contributed by atoms with Crippen molar-refractivity contribution in [3.63, 3.8) is 0 Å². The van der Waals surface area contributed by atoms with Crippen molar-refractivity contribution in [1.82, 2.24) is 20.2 Å². The third kappa shape index (κ3) is 1.59. The lowest BCUT2D eigenvalue weighted by molar-refractivity contribution is 1.07. The molecule has 0 saturated carbocycles. The first kappa shape index (κ1) is 9.47. The van der Waals surface area contributed by atoms with Crippen LogP contribution in [0.1, 0.15) is 0 Å². The van der Waals surface area contributed by atoms with Gasteiger partial charge in [-0.1, -0.05) is 12.1 Å². The summed E-state index contributed by atoms with van der Waals surface area (Å²) in [6.07, 6.45) is 3.62. The van der Waals surface area contributed by atoms with Gasteiger partial charge in [0.25, 0.3) is 0 Å². The fourth-order valence-corrected chi connectivity index (χ4v) is 1.85. The Hall–Kier alpha value is -1.75. The largest absolute Gasteiger partial charge is 0.264 e. The molecule has 0 atom stereocenters. The van der Waals surface area contributed by atoms with E-state index in [1.165, 1.54) is 0 Å². The molecule has 2 heterocycles. The Bertz CT molecular complexity index is 647. The number of fused-ring (bicyclic) bond motifs is 1. The molecule has 0 amide bonds. The number of aromatic amines is 1. The minimum Gasteiger partial charge on any atom is -0.264 e. The number of H-pyrrole nitrogens is 1. The van der Waals surface area contributed by atoms with Gasteiger partial charge in [-0.2, -0.15) is 5.10 Å². The highest BCUT2D eigenvalue weighted by molar-refractivity contribution is 9.10. The summed E-state index contributed by atoms with van der Waals surface area (Å²) in [5.41, 5.74) is 0.987. The average Bonchev–Trinajstić information content (AvgIpc) is 2.75. The number of rotatable bonds is 1. The number of pyridine rings is 1. The molecule has 0 aliphatic heterocycles. The maximum absolute atomic E-state index is 4.22. The number of benzene rings is 1. The standard InChI is InChI=1S/C11H7BrN4/c12-11-14-10(15-16-11)8-1-2-9-6-13-4-3-7(9)5-8/h1-6H,(H,14,15,16). The average molecular weight is 275 g/mol. The Morgan fingerprint density at radius 3 is 2.88 bits per heavy atom. The van der Waals surface area contributed by atoms with Gasteiger partial charge in [-0.05, 0) is 33.4 Å². The maximum atomic E-state index is 4.22. The molecule has 16 heavy (non-hydrogen) atoms. The fraction of sp³-hybridized carbons (Fsp3) is 0. The van der Waals surface area contributed by atoms with Gasteiger partial charge in [0.2, 0.25) is 0 Å². The molecule has 5 heteroatoms. The quantitative estimate of drug-likeness (QED) is 0.743. The van der Waals surface area contributed by atoms with Gasteiger partial charge in [-0.3, -0.25) is 10.1 Å². The first-order valence-electron chi connectivity index (χ1n) is 4.75. The van der Waals surface area contributed by atoms with Gasteiger partial charge in [-0.15, -0.1) is 0 Å². The predicted molar refractivity (Wildman–Crippen MR) is 64.8 cm³/mol. The number of aromatic nitrogens is 4. The molecule has 0 fully saturated rings. The Labute approximate surface area is 99.9 Å². The van der Waals surface area contributed by atoms with E-state index in [0.717, 1.165) is 16.3 Å².